The van der Waals surface area contributed by atoms with Crippen molar-refractivity contribution in [3.8, 4) is 5.75 Å². The van der Waals surface area contributed by atoms with Crippen molar-refractivity contribution < 1.29 is 14.6 Å². The van der Waals surface area contributed by atoms with Crippen molar-refractivity contribution in [2.24, 2.45) is 5.92 Å². The van der Waals surface area contributed by atoms with Crippen LogP contribution in [0.25, 0.3) is 0 Å². The van der Waals surface area contributed by atoms with Crippen LogP contribution in [-0.4, -0.2) is 66.2 Å². The van der Waals surface area contributed by atoms with Crippen LogP contribution in [-0.2, 0) is 0 Å². The molecular formula is C20H29ClN2O3. The standard InChI is InChI=1S/C20H29ClN2O3/c1-2-26-19-6-5-16(12-18(19)21)20(25)23-9-3-4-17(13-23)22-10-7-15(14-24)8-11-22/h5-6,12,15,17,24H,2-4,7-11,13-14H2,1H3/t17-/m1/s1. The molecule has 144 valence electrons. The van der Waals surface area contributed by atoms with E-state index in [0.717, 1.165) is 51.9 Å². The van der Waals surface area contributed by atoms with Crippen molar-refractivity contribution in [1.82, 2.24) is 9.80 Å². The highest BCUT2D eigenvalue weighted by Gasteiger charge is 2.30. The molecule has 1 aromatic rings. The molecule has 6 heteroatoms. The van der Waals surface area contributed by atoms with Gasteiger partial charge in [-0.2, -0.15) is 0 Å². The predicted octanol–water partition coefficient (Wildman–Crippen LogP) is 3.05. The van der Waals surface area contributed by atoms with E-state index in [9.17, 15) is 9.90 Å². The van der Waals surface area contributed by atoms with Gasteiger partial charge < -0.3 is 14.7 Å². The van der Waals surface area contributed by atoms with Gasteiger partial charge in [-0.1, -0.05) is 11.6 Å². The van der Waals surface area contributed by atoms with Gasteiger partial charge in [-0.15, -0.1) is 0 Å². The van der Waals surface area contributed by atoms with Crippen LogP contribution in [0.1, 0.15) is 43.0 Å². The monoisotopic (exact) mass is 380 g/mol. The molecule has 0 aromatic heterocycles. The van der Waals surface area contributed by atoms with E-state index in [-0.39, 0.29) is 5.91 Å². The minimum Gasteiger partial charge on any atom is -0.492 e. The van der Waals surface area contributed by atoms with Gasteiger partial charge in [0.25, 0.3) is 5.91 Å². The molecule has 26 heavy (non-hydrogen) atoms. The second-order valence-corrected chi connectivity index (χ2v) is 7.69. The fraction of sp³-hybridized carbons (Fsp3) is 0.650. The van der Waals surface area contributed by atoms with Crippen molar-refractivity contribution in [3.05, 3.63) is 28.8 Å². The van der Waals surface area contributed by atoms with Crippen molar-refractivity contribution >= 4 is 17.5 Å². The Hall–Kier alpha value is -1.30. The van der Waals surface area contributed by atoms with Crippen molar-refractivity contribution in [2.45, 2.75) is 38.6 Å². The number of benzene rings is 1. The highest BCUT2D eigenvalue weighted by Crippen LogP contribution is 2.28. The summed E-state index contributed by atoms with van der Waals surface area (Å²) in [5.74, 6) is 1.11. The number of hydrogen-bond acceptors (Lipinski definition) is 4. The molecule has 1 aromatic carbocycles. The van der Waals surface area contributed by atoms with Gasteiger partial charge in [-0.05, 0) is 69.8 Å². The Kier molecular flexibility index (Phi) is 6.79. The molecule has 0 radical (unpaired) electrons. The minimum absolute atomic E-state index is 0.0462. The van der Waals surface area contributed by atoms with E-state index in [4.69, 9.17) is 16.3 Å². The first-order valence-electron chi connectivity index (χ1n) is 9.69. The van der Waals surface area contributed by atoms with E-state index in [1.54, 1.807) is 18.2 Å². The zero-order valence-electron chi connectivity index (χ0n) is 15.5. The normalized spacial score (nSPS) is 22.4. The lowest BCUT2D eigenvalue weighted by Gasteiger charge is -2.42. The van der Waals surface area contributed by atoms with Crippen LogP contribution >= 0.6 is 11.6 Å². The van der Waals surface area contributed by atoms with Crippen LogP contribution < -0.4 is 4.74 Å². The van der Waals surface area contributed by atoms with Gasteiger partial charge >= 0.3 is 0 Å². The van der Waals surface area contributed by atoms with Gasteiger partial charge in [0, 0.05) is 31.3 Å². The summed E-state index contributed by atoms with van der Waals surface area (Å²) in [6, 6.07) is 5.71. The number of likely N-dealkylation sites (tertiary alicyclic amines) is 2. The minimum atomic E-state index is 0.0462. The van der Waals surface area contributed by atoms with Gasteiger partial charge in [-0.3, -0.25) is 9.69 Å². The molecule has 0 aliphatic carbocycles. The predicted molar refractivity (Wildman–Crippen MR) is 103 cm³/mol. The summed E-state index contributed by atoms with van der Waals surface area (Å²) < 4.78 is 5.45. The molecular weight excluding hydrogens is 352 g/mol. The molecule has 0 saturated carbocycles. The van der Waals surface area contributed by atoms with E-state index in [2.05, 4.69) is 4.90 Å². The molecule has 2 aliphatic heterocycles. The zero-order valence-corrected chi connectivity index (χ0v) is 16.2. The Morgan fingerprint density at radius 2 is 2.04 bits per heavy atom. The lowest BCUT2D eigenvalue weighted by Crippen LogP contribution is -2.52. The molecule has 1 N–H and O–H groups in total. The number of halogens is 1. The second kappa shape index (κ2) is 9.07. The molecule has 0 unspecified atom stereocenters. The van der Waals surface area contributed by atoms with Crippen molar-refractivity contribution in [2.75, 3.05) is 39.4 Å². The number of rotatable bonds is 5. The van der Waals surface area contributed by atoms with E-state index in [1.807, 2.05) is 11.8 Å². The summed E-state index contributed by atoms with van der Waals surface area (Å²) in [7, 11) is 0. The number of aliphatic hydroxyl groups excluding tert-OH is 1. The van der Waals surface area contributed by atoms with Crippen molar-refractivity contribution in [1.29, 1.82) is 0 Å². The SMILES string of the molecule is CCOc1ccc(C(=O)N2CCC[C@@H](N3CCC(CO)CC3)C2)cc1Cl. The molecule has 2 heterocycles. The highest BCUT2D eigenvalue weighted by molar-refractivity contribution is 6.32. The summed E-state index contributed by atoms with van der Waals surface area (Å²) in [6.45, 7) is 6.36. The zero-order chi connectivity index (χ0) is 18.5. The van der Waals surface area contributed by atoms with Crippen LogP contribution in [0, 0.1) is 5.92 Å². The van der Waals surface area contributed by atoms with E-state index in [0.29, 0.717) is 41.5 Å². The van der Waals surface area contributed by atoms with Crippen LogP contribution in [0.5, 0.6) is 5.75 Å². The maximum absolute atomic E-state index is 12.9. The first kappa shape index (κ1) is 19.5. The molecule has 3 rings (SSSR count). The number of carbonyl (C=O) groups excluding carboxylic acids is 1. The number of aliphatic hydroxyl groups is 1. The first-order chi connectivity index (χ1) is 12.6. The molecule has 1 atom stereocenters. The molecule has 1 amide bonds. The number of nitrogens with zero attached hydrogens (tertiary/aromatic N) is 2. The van der Waals surface area contributed by atoms with E-state index in [1.165, 1.54) is 0 Å². The number of carbonyl (C=O) groups is 1. The number of ether oxygens (including phenoxy) is 1. The third-order valence-corrected chi connectivity index (χ3v) is 5.88. The molecule has 5 nitrogen and oxygen atoms in total. The largest absolute Gasteiger partial charge is 0.492 e. The van der Waals surface area contributed by atoms with Crippen LogP contribution in [0.15, 0.2) is 18.2 Å². The Balaban J connectivity index is 1.62. The van der Waals surface area contributed by atoms with Gasteiger partial charge in [0.2, 0.25) is 0 Å². The average Bonchev–Trinajstić information content (AvgIpc) is 2.69. The summed E-state index contributed by atoms with van der Waals surface area (Å²) in [6.07, 6.45) is 4.27. The number of amides is 1. The summed E-state index contributed by atoms with van der Waals surface area (Å²) in [4.78, 5) is 17.4. The second-order valence-electron chi connectivity index (χ2n) is 7.29. The lowest BCUT2D eigenvalue weighted by atomic mass is 9.94. The molecule has 2 saturated heterocycles. The maximum Gasteiger partial charge on any atom is 0.253 e. The van der Waals surface area contributed by atoms with Gasteiger partial charge in [-0.25, -0.2) is 0 Å². The Bertz CT molecular complexity index is 617. The van der Waals surface area contributed by atoms with E-state index < -0.39 is 0 Å². The number of piperidine rings is 2. The van der Waals surface area contributed by atoms with E-state index >= 15 is 0 Å². The highest BCUT2D eigenvalue weighted by atomic mass is 35.5. The van der Waals surface area contributed by atoms with Gasteiger partial charge in [0.15, 0.2) is 0 Å². The molecule has 0 bridgehead atoms. The van der Waals surface area contributed by atoms with Crippen LogP contribution in [0.3, 0.4) is 0 Å². The summed E-state index contributed by atoms with van der Waals surface area (Å²) >= 11 is 6.24. The molecule has 2 aliphatic rings. The Morgan fingerprint density at radius 1 is 1.27 bits per heavy atom. The smallest absolute Gasteiger partial charge is 0.253 e. The van der Waals surface area contributed by atoms with Crippen LogP contribution in [0.4, 0.5) is 0 Å². The van der Waals surface area contributed by atoms with Crippen LogP contribution in [0.2, 0.25) is 5.02 Å². The maximum atomic E-state index is 12.9. The fourth-order valence-corrected chi connectivity index (χ4v) is 4.26. The lowest BCUT2D eigenvalue weighted by molar-refractivity contribution is 0.0446. The average molecular weight is 381 g/mol. The topological polar surface area (TPSA) is 53.0 Å². The molecule has 2 fully saturated rings. The Labute approximate surface area is 160 Å². The van der Waals surface area contributed by atoms with Gasteiger partial charge in [0.05, 0.1) is 11.6 Å². The summed E-state index contributed by atoms with van der Waals surface area (Å²) in [5, 5.41) is 9.80. The van der Waals surface area contributed by atoms with Gasteiger partial charge in [0.1, 0.15) is 5.75 Å². The van der Waals surface area contributed by atoms with Crippen molar-refractivity contribution in [3.63, 3.8) is 0 Å². The third kappa shape index (κ3) is 4.51. The first-order valence-corrected chi connectivity index (χ1v) is 10.1. The Morgan fingerprint density at radius 3 is 2.69 bits per heavy atom. The quantitative estimate of drug-likeness (QED) is 0.853. The summed E-state index contributed by atoms with van der Waals surface area (Å²) in [5.41, 5.74) is 0.623. The third-order valence-electron chi connectivity index (χ3n) is 5.59. The molecule has 0 spiro atoms. The fourth-order valence-electron chi connectivity index (χ4n) is 4.03. The number of hydrogen-bond donors (Lipinski definition) is 1.